The predicted octanol–water partition coefficient (Wildman–Crippen LogP) is 4.40. The summed E-state index contributed by atoms with van der Waals surface area (Å²) in [6.45, 7) is 5.60. The molecule has 0 fully saturated rings. The molecule has 29 heavy (non-hydrogen) atoms. The van der Waals surface area contributed by atoms with Gasteiger partial charge in [0.05, 0.1) is 5.54 Å². The largest absolute Gasteiger partial charge is 0.474 e. The molecule has 1 amide bonds. The number of carbonyl (C=O) groups is 1. The molecular formula is C20H22F2N4O3. The van der Waals surface area contributed by atoms with Crippen molar-refractivity contribution in [3.05, 3.63) is 41.9 Å². The van der Waals surface area contributed by atoms with E-state index in [9.17, 15) is 18.8 Å². The smallest absolute Gasteiger partial charge is 0.405 e. The third kappa shape index (κ3) is 6.10. The number of hydrogen-bond donors (Lipinski definition) is 2. The lowest BCUT2D eigenvalue weighted by Crippen LogP contribution is -2.50. The molecule has 0 saturated carbocycles. The number of pyridine rings is 2. The summed E-state index contributed by atoms with van der Waals surface area (Å²) in [6.07, 6.45) is -0.686. The topological polar surface area (TPSA) is 108 Å². The Bertz CT molecular complexity index is 915. The minimum absolute atomic E-state index is 0.0245. The number of nitrogens with one attached hydrogen (secondary N) is 1. The van der Waals surface area contributed by atoms with E-state index in [4.69, 9.17) is 9.84 Å². The highest BCUT2D eigenvalue weighted by Gasteiger charge is 2.29. The lowest BCUT2D eigenvalue weighted by molar-refractivity contribution is 0.141. The molecule has 9 heteroatoms. The number of carboxylic acid groups (broad SMARTS) is 1. The number of aromatic nitrogens is 2. The highest BCUT2D eigenvalue weighted by molar-refractivity contribution is 5.66. The first kappa shape index (κ1) is 22.0. The molecule has 1 unspecified atom stereocenters. The van der Waals surface area contributed by atoms with Crippen LogP contribution >= 0.6 is 0 Å². The van der Waals surface area contributed by atoms with Gasteiger partial charge in [-0.3, -0.25) is 4.98 Å². The first-order valence-electron chi connectivity index (χ1n) is 8.92. The summed E-state index contributed by atoms with van der Waals surface area (Å²) in [5, 5.41) is 21.0. The number of nitriles is 1. The Morgan fingerprint density at radius 2 is 2.07 bits per heavy atom. The van der Waals surface area contributed by atoms with E-state index in [1.165, 1.54) is 24.5 Å². The van der Waals surface area contributed by atoms with Crippen molar-refractivity contribution in [2.45, 2.75) is 39.2 Å². The quantitative estimate of drug-likeness (QED) is 0.675. The summed E-state index contributed by atoms with van der Waals surface area (Å²) in [5.74, 6) is 0.249. The van der Waals surface area contributed by atoms with E-state index in [0.29, 0.717) is 17.5 Å². The molecule has 0 bridgehead atoms. The van der Waals surface area contributed by atoms with Crippen LogP contribution in [0.5, 0.6) is 5.88 Å². The Morgan fingerprint density at radius 1 is 1.34 bits per heavy atom. The lowest BCUT2D eigenvalue weighted by atomic mass is 9.91. The first-order valence-corrected chi connectivity index (χ1v) is 8.92. The zero-order valence-corrected chi connectivity index (χ0v) is 16.3. The van der Waals surface area contributed by atoms with E-state index >= 15 is 0 Å². The van der Waals surface area contributed by atoms with Crippen LogP contribution in [0.1, 0.15) is 44.9 Å². The Labute approximate surface area is 167 Å². The van der Waals surface area contributed by atoms with Crippen molar-refractivity contribution in [1.29, 1.82) is 5.26 Å². The molecule has 7 nitrogen and oxygen atoms in total. The zero-order valence-electron chi connectivity index (χ0n) is 16.3. The van der Waals surface area contributed by atoms with Crippen LogP contribution in [0.3, 0.4) is 0 Å². The van der Waals surface area contributed by atoms with Crippen LogP contribution in [-0.4, -0.2) is 33.3 Å². The molecule has 154 valence electrons. The SMILES string of the molecule is CC(C)CC(C)(COc1ncc(-c2ccnc(C(F)F)c2)cc1C#N)NC(=O)O. The highest BCUT2D eigenvalue weighted by atomic mass is 19.3. The molecule has 0 aromatic carbocycles. The minimum Gasteiger partial charge on any atom is -0.474 e. The van der Waals surface area contributed by atoms with Gasteiger partial charge in [0, 0.05) is 18.0 Å². The van der Waals surface area contributed by atoms with Crippen LogP contribution in [0.2, 0.25) is 0 Å². The van der Waals surface area contributed by atoms with E-state index in [-0.39, 0.29) is 29.7 Å². The fraction of sp³-hybridized carbons (Fsp3) is 0.400. The van der Waals surface area contributed by atoms with Crippen LogP contribution in [0.4, 0.5) is 13.6 Å². The van der Waals surface area contributed by atoms with Crippen LogP contribution < -0.4 is 10.1 Å². The number of rotatable bonds is 8. The molecule has 2 N–H and O–H groups in total. The molecule has 0 radical (unpaired) electrons. The molecule has 0 saturated heterocycles. The van der Waals surface area contributed by atoms with Gasteiger partial charge in [0.25, 0.3) is 6.43 Å². The first-order chi connectivity index (χ1) is 13.6. The van der Waals surface area contributed by atoms with Crippen molar-refractivity contribution in [2.24, 2.45) is 5.92 Å². The van der Waals surface area contributed by atoms with Gasteiger partial charge in [-0.2, -0.15) is 5.26 Å². The third-order valence-electron chi connectivity index (χ3n) is 4.10. The molecule has 0 aliphatic heterocycles. The molecule has 2 heterocycles. The van der Waals surface area contributed by atoms with Gasteiger partial charge in [-0.25, -0.2) is 18.6 Å². The number of alkyl halides is 2. The summed E-state index contributed by atoms with van der Waals surface area (Å²) >= 11 is 0. The van der Waals surface area contributed by atoms with Gasteiger partial charge in [-0.05, 0) is 43.0 Å². The molecule has 2 aromatic heterocycles. The van der Waals surface area contributed by atoms with E-state index < -0.39 is 18.1 Å². The van der Waals surface area contributed by atoms with Crippen molar-refractivity contribution in [1.82, 2.24) is 15.3 Å². The van der Waals surface area contributed by atoms with Crippen LogP contribution in [0.15, 0.2) is 30.6 Å². The monoisotopic (exact) mass is 404 g/mol. The Balaban J connectivity index is 2.26. The third-order valence-corrected chi connectivity index (χ3v) is 4.10. The second kappa shape index (κ2) is 9.28. The molecule has 0 aliphatic carbocycles. The van der Waals surface area contributed by atoms with Crippen LogP contribution in [0, 0.1) is 17.2 Å². The van der Waals surface area contributed by atoms with Crippen molar-refractivity contribution in [3.8, 4) is 23.1 Å². The van der Waals surface area contributed by atoms with Crippen molar-refractivity contribution in [2.75, 3.05) is 6.61 Å². The van der Waals surface area contributed by atoms with Gasteiger partial charge in [0.15, 0.2) is 0 Å². The average Bonchev–Trinajstić information content (AvgIpc) is 2.65. The van der Waals surface area contributed by atoms with E-state index in [1.54, 1.807) is 13.0 Å². The summed E-state index contributed by atoms with van der Waals surface area (Å²) in [5.41, 5.74) is -0.217. The second-order valence-electron chi connectivity index (χ2n) is 7.34. The van der Waals surface area contributed by atoms with Gasteiger partial charge < -0.3 is 15.2 Å². The number of ether oxygens (including phenoxy) is 1. The number of amides is 1. The van der Waals surface area contributed by atoms with E-state index in [2.05, 4.69) is 15.3 Å². The van der Waals surface area contributed by atoms with Gasteiger partial charge in [0.1, 0.15) is 23.9 Å². The minimum atomic E-state index is -2.71. The standard InChI is InChI=1S/C20H22F2N4O3/c1-12(2)8-20(3,26-19(27)28)11-29-18-14(9-23)6-15(10-25-18)13-4-5-24-16(7-13)17(21)22/h4-7,10,12,17,26H,8,11H2,1-3H3,(H,27,28). The Kier molecular flexibility index (Phi) is 7.04. The predicted molar refractivity (Wildman–Crippen MR) is 102 cm³/mol. The maximum atomic E-state index is 12.9. The summed E-state index contributed by atoms with van der Waals surface area (Å²) in [7, 11) is 0. The summed E-state index contributed by atoms with van der Waals surface area (Å²) in [4.78, 5) is 18.9. The van der Waals surface area contributed by atoms with E-state index in [1.807, 2.05) is 19.9 Å². The van der Waals surface area contributed by atoms with Gasteiger partial charge in [0.2, 0.25) is 5.88 Å². The molecule has 2 aromatic rings. The molecule has 0 aliphatic rings. The number of nitrogens with zero attached hydrogens (tertiary/aromatic N) is 3. The summed E-state index contributed by atoms with van der Waals surface area (Å²) in [6, 6.07) is 6.24. The average molecular weight is 404 g/mol. The van der Waals surface area contributed by atoms with Gasteiger partial charge in [-0.1, -0.05) is 13.8 Å². The fourth-order valence-corrected chi connectivity index (χ4v) is 3.09. The second-order valence-corrected chi connectivity index (χ2v) is 7.34. The molecule has 0 spiro atoms. The zero-order chi connectivity index (χ0) is 21.6. The molecule has 2 rings (SSSR count). The molecular weight excluding hydrogens is 382 g/mol. The van der Waals surface area contributed by atoms with Crippen molar-refractivity contribution in [3.63, 3.8) is 0 Å². The van der Waals surface area contributed by atoms with Crippen molar-refractivity contribution < 1.29 is 23.4 Å². The molecule has 1 atom stereocenters. The van der Waals surface area contributed by atoms with E-state index in [0.717, 1.165) is 0 Å². The Hall–Kier alpha value is -3.28. The Morgan fingerprint density at radius 3 is 2.66 bits per heavy atom. The van der Waals surface area contributed by atoms with Crippen molar-refractivity contribution >= 4 is 6.09 Å². The van der Waals surface area contributed by atoms with Crippen LogP contribution in [-0.2, 0) is 0 Å². The van der Waals surface area contributed by atoms with Gasteiger partial charge >= 0.3 is 6.09 Å². The lowest BCUT2D eigenvalue weighted by Gasteiger charge is -2.31. The maximum Gasteiger partial charge on any atom is 0.405 e. The summed E-state index contributed by atoms with van der Waals surface area (Å²) < 4.78 is 31.4. The maximum absolute atomic E-state index is 12.9. The van der Waals surface area contributed by atoms with Crippen LogP contribution in [0.25, 0.3) is 11.1 Å². The normalized spacial score (nSPS) is 13.0. The number of hydrogen-bond acceptors (Lipinski definition) is 5. The highest BCUT2D eigenvalue weighted by Crippen LogP contribution is 2.27. The fourth-order valence-electron chi connectivity index (χ4n) is 3.09. The van der Waals surface area contributed by atoms with Gasteiger partial charge in [-0.15, -0.1) is 0 Å². The number of halogens is 2.